The fourth-order valence-electron chi connectivity index (χ4n) is 4.56. The van der Waals surface area contributed by atoms with Gasteiger partial charge in [-0.05, 0) is 38.5 Å². The molecule has 0 aromatic carbocycles. The zero-order valence-corrected chi connectivity index (χ0v) is 27.6. The lowest BCUT2D eigenvalue weighted by Gasteiger charge is -2.39. The van der Waals surface area contributed by atoms with Crippen LogP contribution in [0.1, 0.15) is 97.3 Å². The van der Waals surface area contributed by atoms with Gasteiger partial charge in [0.25, 0.3) is 0 Å². The largest absolute Gasteiger partial charge is 0.457 e. The van der Waals surface area contributed by atoms with Gasteiger partial charge >= 0.3 is 5.97 Å². The topological polar surface area (TPSA) is 135 Å². The van der Waals surface area contributed by atoms with Crippen LogP contribution in [0, 0.1) is 0 Å². The molecule has 6 unspecified atom stereocenters. The molecular formula is C36H60O9. The Balaban J connectivity index is 2.45. The van der Waals surface area contributed by atoms with E-state index in [1.165, 1.54) is 25.7 Å². The molecule has 9 nitrogen and oxygen atoms in total. The number of hydrogen-bond acceptors (Lipinski definition) is 9. The second kappa shape index (κ2) is 28.1. The maximum Gasteiger partial charge on any atom is 0.310 e. The van der Waals surface area contributed by atoms with Crippen molar-refractivity contribution in [1.29, 1.82) is 0 Å². The van der Waals surface area contributed by atoms with Gasteiger partial charge in [-0.25, -0.2) is 0 Å². The monoisotopic (exact) mass is 636 g/mol. The van der Waals surface area contributed by atoms with Gasteiger partial charge in [0.1, 0.15) is 30.5 Å². The molecule has 0 aromatic rings. The zero-order chi connectivity index (χ0) is 33.0. The third-order valence-electron chi connectivity index (χ3n) is 7.23. The highest BCUT2D eigenvalue weighted by Crippen LogP contribution is 2.22. The molecule has 6 atom stereocenters. The summed E-state index contributed by atoms with van der Waals surface area (Å²) in [6, 6.07) is 0. The molecule has 1 aliphatic rings. The number of unbranched alkanes of at least 4 members (excludes halogenated alkanes) is 6. The van der Waals surface area contributed by atoms with Crippen LogP contribution in [0.25, 0.3) is 0 Å². The predicted molar refractivity (Wildman–Crippen MR) is 177 cm³/mol. The molecule has 0 saturated carbocycles. The van der Waals surface area contributed by atoms with Crippen LogP contribution in [0.2, 0.25) is 0 Å². The van der Waals surface area contributed by atoms with Crippen LogP contribution in [-0.4, -0.2) is 89.6 Å². The van der Waals surface area contributed by atoms with Crippen molar-refractivity contribution in [3.05, 3.63) is 60.8 Å². The Morgan fingerprint density at radius 2 is 1.27 bits per heavy atom. The number of carbonyl (C=O) groups is 1. The lowest BCUT2D eigenvalue weighted by molar-refractivity contribution is -0.305. The number of esters is 1. The molecule has 9 heteroatoms. The fourth-order valence-corrected chi connectivity index (χ4v) is 4.56. The van der Waals surface area contributed by atoms with Crippen molar-refractivity contribution in [3.63, 3.8) is 0 Å². The minimum atomic E-state index is -1.55. The number of aliphatic hydroxyl groups excluding tert-OH is 4. The lowest BCUT2D eigenvalue weighted by Crippen LogP contribution is -2.59. The van der Waals surface area contributed by atoms with Gasteiger partial charge in [0.15, 0.2) is 6.29 Å². The molecule has 1 saturated heterocycles. The molecule has 1 heterocycles. The van der Waals surface area contributed by atoms with Gasteiger partial charge < -0.3 is 39.4 Å². The van der Waals surface area contributed by atoms with Gasteiger partial charge in [-0.1, -0.05) is 113 Å². The highest BCUT2D eigenvalue weighted by Gasteiger charge is 2.44. The zero-order valence-electron chi connectivity index (χ0n) is 27.6. The van der Waals surface area contributed by atoms with E-state index in [2.05, 4.69) is 56.4 Å². The Hall–Kier alpha value is -2.11. The van der Waals surface area contributed by atoms with Crippen LogP contribution < -0.4 is 0 Å². The smallest absolute Gasteiger partial charge is 0.310 e. The summed E-state index contributed by atoms with van der Waals surface area (Å²) in [5.41, 5.74) is 0. The third kappa shape index (κ3) is 20.6. The number of rotatable bonds is 26. The number of carbonyl (C=O) groups excluding carboxylic acids is 1. The Morgan fingerprint density at radius 1 is 0.711 bits per heavy atom. The molecule has 258 valence electrons. The van der Waals surface area contributed by atoms with Crippen molar-refractivity contribution in [3.8, 4) is 0 Å². The molecule has 0 bridgehead atoms. The summed E-state index contributed by atoms with van der Waals surface area (Å²) in [4.78, 5) is 12.5. The van der Waals surface area contributed by atoms with Gasteiger partial charge in [0, 0.05) is 6.61 Å². The van der Waals surface area contributed by atoms with E-state index in [0.29, 0.717) is 13.0 Å². The lowest BCUT2D eigenvalue weighted by atomic mass is 9.99. The van der Waals surface area contributed by atoms with Crippen molar-refractivity contribution in [2.75, 3.05) is 26.4 Å². The van der Waals surface area contributed by atoms with Crippen molar-refractivity contribution in [2.45, 2.75) is 134 Å². The summed E-state index contributed by atoms with van der Waals surface area (Å²) < 4.78 is 22.4. The molecule has 0 aromatic heterocycles. The van der Waals surface area contributed by atoms with E-state index in [4.69, 9.17) is 18.9 Å². The van der Waals surface area contributed by atoms with Crippen LogP contribution in [0.3, 0.4) is 0 Å². The molecule has 1 fully saturated rings. The molecule has 0 aliphatic carbocycles. The second-order valence-electron chi connectivity index (χ2n) is 11.3. The van der Waals surface area contributed by atoms with Gasteiger partial charge in [-0.3, -0.25) is 4.79 Å². The van der Waals surface area contributed by atoms with Gasteiger partial charge in [-0.2, -0.15) is 0 Å². The number of aliphatic hydroxyl groups is 4. The quantitative estimate of drug-likeness (QED) is 0.0542. The normalized spacial score (nSPS) is 23.4. The van der Waals surface area contributed by atoms with Gasteiger partial charge in [-0.15, -0.1) is 0 Å². The van der Waals surface area contributed by atoms with E-state index in [-0.39, 0.29) is 19.6 Å². The summed E-state index contributed by atoms with van der Waals surface area (Å²) >= 11 is 0. The van der Waals surface area contributed by atoms with E-state index >= 15 is 0 Å². The molecule has 45 heavy (non-hydrogen) atoms. The van der Waals surface area contributed by atoms with Crippen molar-refractivity contribution in [1.82, 2.24) is 0 Å². The summed E-state index contributed by atoms with van der Waals surface area (Å²) in [7, 11) is 0. The van der Waals surface area contributed by atoms with Crippen molar-refractivity contribution in [2.24, 2.45) is 0 Å². The Kier molecular flexibility index (Phi) is 25.6. The Bertz CT molecular complexity index is 865. The van der Waals surface area contributed by atoms with E-state index < -0.39 is 49.4 Å². The molecule has 0 radical (unpaired) electrons. The Morgan fingerprint density at radius 3 is 1.84 bits per heavy atom. The highest BCUT2D eigenvalue weighted by atomic mass is 16.7. The minimum Gasteiger partial charge on any atom is -0.457 e. The first-order chi connectivity index (χ1) is 21.9. The summed E-state index contributed by atoms with van der Waals surface area (Å²) in [5.74, 6) is -0.446. The fraction of sp³-hybridized carbons (Fsp3) is 0.694. The molecular weight excluding hydrogens is 576 g/mol. The highest BCUT2D eigenvalue weighted by molar-refractivity contribution is 5.71. The van der Waals surface area contributed by atoms with E-state index in [1.807, 2.05) is 12.2 Å². The first-order valence-corrected chi connectivity index (χ1v) is 16.9. The van der Waals surface area contributed by atoms with E-state index in [0.717, 1.165) is 44.9 Å². The average Bonchev–Trinajstić information content (AvgIpc) is 3.04. The van der Waals surface area contributed by atoms with Crippen molar-refractivity contribution < 1.29 is 44.2 Å². The Labute approximate surface area is 271 Å². The van der Waals surface area contributed by atoms with Gasteiger partial charge in [0.05, 0.1) is 26.2 Å². The van der Waals surface area contributed by atoms with Crippen LogP contribution >= 0.6 is 0 Å². The number of ether oxygens (including phenoxy) is 4. The molecule has 1 rings (SSSR count). The predicted octanol–water partition coefficient (Wildman–Crippen LogP) is 5.62. The van der Waals surface area contributed by atoms with E-state index in [1.54, 1.807) is 6.08 Å². The molecule has 4 N–H and O–H groups in total. The standard InChI is InChI=1S/C36H60O9/c1-3-5-7-9-11-12-13-14-15-16-17-18-19-21-23-25-32(38)44-30(28-42-26-24-22-20-10-8-6-4-2)29-43-36-35(41)34(40)33(39)31(27-37)45-36/h5,7,11-12,14-15,17-18,21,23,30-31,33-37,39-41H,3-4,6,8-10,13,16,19-20,22,24-29H2,1-2H3/b7-5-,12-11-,15-14-,18-17-,23-21-. The summed E-state index contributed by atoms with van der Waals surface area (Å²) in [6.45, 7) is 4.24. The first kappa shape index (κ1) is 40.9. The maximum atomic E-state index is 12.5. The van der Waals surface area contributed by atoms with Crippen molar-refractivity contribution >= 4 is 5.97 Å². The number of allylic oxidation sites excluding steroid dienone is 9. The van der Waals surface area contributed by atoms with Crippen LogP contribution in [0.15, 0.2) is 60.8 Å². The molecule has 0 spiro atoms. The summed E-state index contributed by atoms with van der Waals surface area (Å²) in [5, 5.41) is 39.7. The molecule has 1 aliphatic heterocycles. The second-order valence-corrected chi connectivity index (χ2v) is 11.3. The van der Waals surface area contributed by atoms with Crippen LogP contribution in [0.5, 0.6) is 0 Å². The third-order valence-corrected chi connectivity index (χ3v) is 7.23. The number of hydrogen-bond donors (Lipinski definition) is 4. The van der Waals surface area contributed by atoms with E-state index in [9.17, 15) is 25.2 Å². The van der Waals surface area contributed by atoms with Crippen LogP contribution in [0.4, 0.5) is 0 Å². The average molecular weight is 637 g/mol. The summed E-state index contributed by atoms with van der Waals surface area (Å²) in [6.07, 6.45) is 25.7. The molecule has 0 amide bonds. The van der Waals surface area contributed by atoms with Crippen LogP contribution in [-0.2, 0) is 23.7 Å². The minimum absolute atomic E-state index is 0.0851. The SMILES string of the molecule is CC/C=C\C/C=C\C/C=C\C/C=C\C/C=C\CC(=O)OC(COCCCCCCCCC)COC1OC(CO)C(O)C(O)C1O. The van der Waals surface area contributed by atoms with Gasteiger partial charge in [0.2, 0.25) is 0 Å². The maximum absolute atomic E-state index is 12.5. The first-order valence-electron chi connectivity index (χ1n) is 16.9.